The highest BCUT2D eigenvalue weighted by Gasteiger charge is 2.31. The number of benzene rings is 1. The van der Waals surface area contributed by atoms with Gasteiger partial charge in [0.2, 0.25) is 0 Å². The van der Waals surface area contributed by atoms with Crippen molar-refractivity contribution in [1.29, 1.82) is 0 Å². The summed E-state index contributed by atoms with van der Waals surface area (Å²) in [6.07, 6.45) is 1.90. The van der Waals surface area contributed by atoms with E-state index in [1.165, 1.54) is 12.7 Å². The molecule has 0 amide bonds. The van der Waals surface area contributed by atoms with Gasteiger partial charge in [-0.1, -0.05) is 23.7 Å². The summed E-state index contributed by atoms with van der Waals surface area (Å²) in [5, 5.41) is 4.00. The van der Waals surface area contributed by atoms with Crippen LogP contribution in [0.1, 0.15) is 12.0 Å². The SMILES string of the molecule is COC(=O)C1CNCCC1Cc1ccc(Cl)cc1. The van der Waals surface area contributed by atoms with Crippen molar-refractivity contribution in [2.75, 3.05) is 20.2 Å². The molecule has 1 aromatic carbocycles. The van der Waals surface area contributed by atoms with E-state index in [4.69, 9.17) is 16.3 Å². The Bertz CT molecular complexity index is 405. The molecule has 18 heavy (non-hydrogen) atoms. The van der Waals surface area contributed by atoms with E-state index in [2.05, 4.69) is 5.32 Å². The molecule has 3 nitrogen and oxygen atoms in total. The second kappa shape index (κ2) is 6.21. The fourth-order valence-electron chi connectivity index (χ4n) is 2.51. The smallest absolute Gasteiger partial charge is 0.310 e. The highest BCUT2D eigenvalue weighted by Crippen LogP contribution is 2.25. The standard InChI is InChI=1S/C14H18ClNO2/c1-18-14(17)13-9-16-7-6-11(13)8-10-2-4-12(15)5-3-10/h2-5,11,13,16H,6-9H2,1H3. The Kier molecular flexibility index (Phi) is 4.61. The number of carbonyl (C=O) groups excluding carboxylic acids is 1. The molecule has 4 heteroatoms. The van der Waals surface area contributed by atoms with Crippen molar-refractivity contribution in [2.45, 2.75) is 12.8 Å². The van der Waals surface area contributed by atoms with Gasteiger partial charge in [0.15, 0.2) is 0 Å². The molecule has 2 unspecified atom stereocenters. The van der Waals surface area contributed by atoms with Crippen molar-refractivity contribution in [3.63, 3.8) is 0 Å². The number of rotatable bonds is 3. The van der Waals surface area contributed by atoms with Crippen LogP contribution >= 0.6 is 11.6 Å². The number of carbonyl (C=O) groups is 1. The molecule has 1 N–H and O–H groups in total. The average molecular weight is 268 g/mol. The third kappa shape index (κ3) is 3.24. The molecule has 2 rings (SSSR count). The highest BCUT2D eigenvalue weighted by molar-refractivity contribution is 6.30. The zero-order chi connectivity index (χ0) is 13.0. The van der Waals surface area contributed by atoms with Gasteiger partial charge in [-0.3, -0.25) is 4.79 Å². The first-order valence-electron chi connectivity index (χ1n) is 6.23. The molecule has 0 spiro atoms. The highest BCUT2D eigenvalue weighted by atomic mass is 35.5. The van der Waals surface area contributed by atoms with Crippen LogP contribution in [0, 0.1) is 11.8 Å². The van der Waals surface area contributed by atoms with Crippen LogP contribution in [-0.2, 0) is 16.0 Å². The summed E-state index contributed by atoms with van der Waals surface area (Å²) in [6.45, 7) is 1.68. The van der Waals surface area contributed by atoms with E-state index in [0.29, 0.717) is 12.5 Å². The van der Waals surface area contributed by atoms with Gasteiger partial charge >= 0.3 is 5.97 Å². The maximum atomic E-state index is 11.7. The van der Waals surface area contributed by atoms with Gasteiger partial charge < -0.3 is 10.1 Å². The lowest BCUT2D eigenvalue weighted by atomic mass is 9.82. The Hall–Kier alpha value is -1.06. The summed E-state index contributed by atoms with van der Waals surface area (Å²) in [5.41, 5.74) is 1.22. The lowest BCUT2D eigenvalue weighted by molar-refractivity contribution is -0.148. The Morgan fingerprint density at radius 2 is 2.17 bits per heavy atom. The van der Waals surface area contributed by atoms with Crippen LogP contribution in [0.5, 0.6) is 0 Å². The first-order chi connectivity index (χ1) is 8.70. The van der Waals surface area contributed by atoms with Crippen LogP contribution < -0.4 is 5.32 Å². The molecule has 0 radical (unpaired) electrons. The van der Waals surface area contributed by atoms with Crippen molar-refractivity contribution >= 4 is 17.6 Å². The fourth-order valence-corrected chi connectivity index (χ4v) is 2.63. The maximum Gasteiger partial charge on any atom is 0.310 e. The normalized spacial score (nSPS) is 23.7. The Morgan fingerprint density at radius 3 is 2.83 bits per heavy atom. The summed E-state index contributed by atoms with van der Waals surface area (Å²) in [7, 11) is 1.45. The van der Waals surface area contributed by atoms with E-state index in [1.54, 1.807) is 0 Å². The second-order valence-electron chi connectivity index (χ2n) is 4.71. The van der Waals surface area contributed by atoms with E-state index in [1.807, 2.05) is 24.3 Å². The minimum Gasteiger partial charge on any atom is -0.469 e. The quantitative estimate of drug-likeness (QED) is 0.854. The summed E-state index contributed by atoms with van der Waals surface area (Å²) >= 11 is 5.87. The molecule has 1 heterocycles. The van der Waals surface area contributed by atoms with Gasteiger partial charge in [-0.25, -0.2) is 0 Å². The average Bonchev–Trinajstić information content (AvgIpc) is 2.41. The summed E-state index contributed by atoms with van der Waals surface area (Å²) in [6, 6.07) is 7.84. The van der Waals surface area contributed by atoms with Crippen LogP contribution in [0.4, 0.5) is 0 Å². The molecule has 0 bridgehead atoms. The molecule has 0 saturated carbocycles. The van der Waals surface area contributed by atoms with Crippen LogP contribution in [0.2, 0.25) is 5.02 Å². The van der Waals surface area contributed by atoms with E-state index < -0.39 is 0 Å². The molecule has 1 aliphatic heterocycles. The third-order valence-electron chi connectivity index (χ3n) is 3.54. The lowest BCUT2D eigenvalue weighted by Gasteiger charge is -2.30. The molecule has 98 valence electrons. The molecule has 2 atom stereocenters. The summed E-state index contributed by atoms with van der Waals surface area (Å²) < 4.78 is 4.88. The maximum absolute atomic E-state index is 11.7. The molecule has 1 aromatic rings. The number of hydrogen-bond acceptors (Lipinski definition) is 3. The number of esters is 1. The van der Waals surface area contributed by atoms with Gasteiger partial charge in [-0.05, 0) is 43.0 Å². The topological polar surface area (TPSA) is 38.3 Å². The number of methoxy groups -OCH3 is 1. The predicted molar refractivity (Wildman–Crippen MR) is 71.6 cm³/mol. The summed E-state index contributed by atoms with van der Waals surface area (Å²) in [5.74, 6) is 0.195. The monoisotopic (exact) mass is 267 g/mol. The van der Waals surface area contributed by atoms with Crippen LogP contribution in [0.3, 0.4) is 0 Å². The van der Waals surface area contributed by atoms with Crippen molar-refractivity contribution in [2.24, 2.45) is 11.8 Å². The third-order valence-corrected chi connectivity index (χ3v) is 3.79. The number of halogens is 1. The van der Waals surface area contributed by atoms with Gasteiger partial charge in [0.05, 0.1) is 13.0 Å². The van der Waals surface area contributed by atoms with E-state index in [0.717, 1.165) is 24.4 Å². The zero-order valence-corrected chi connectivity index (χ0v) is 11.2. The van der Waals surface area contributed by atoms with E-state index in [-0.39, 0.29) is 11.9 Å². The van der Waals surface area contributed by atoms with Gasteiger partial charge in [0.1, 0.15) is 0 Å². The van der Waals surface area contributed by atoms with Crippen molar-refractivity contribution in [3.05, 3.63) is 34.9 Å². The predicted octanol–water partition coefficient (Wildman–Crippen LogP) is 2.28. The molecule has 0 aliphatic carbocycles. The number of hydrogen-bond donors (Lipinski definition) is 1. The second-order valence-corrected chi connectivity index (χ2v) is 5.15. The lowest BCUT2D eigenvalue weighted by Crippen LogP contribution is -2.42. The Morgan fingerprint density at radius 1 is 1.44 bits per heavy atom. The van der Waals surface area contributed by atoms with E-state index >= 15 is 0 Å². The molecular weight excluding hydrogens is 250 g/mol. The number of ether oxygens (including phenoxy) is 1. The molecular formula is C14H18ClNO2. The van der Waals surface area contributed by atoms with Crippen molar-refractivity contribution in [1.82, 2.24) is 5.32 Å². The Balaban J connectivity index is 2.05. The largest absolute Gasteiger partial charge is 0.469 e. The fraction of sp³-hybridized carbons (Fsp3) is 0.500. The van der Waals surface area contributed by atoms with Crippen LogP contribution in [0.15, 0.2) is 24.3 Å². The molecule has 0 aromatic heterocycles. The number of piperidine rings is 1. The van der Waals surface area contributed by atoms with Crippen LogP contribution in [0.25, 0.3) is 0 Å². The first-order valence-corrected chi connectivity index (χ1v) is 6.61. The molecule has 1 saturated heterocycles. The van der Waals surface area contributed by atoms with Gasteiger partial charge in [0.25, 0.3) is 0 Å². The van der Waals surface area contributed by atoms with Gasteiger partial charge in [0, 0.05) is 11.6 Å². The minimum atomic E-state index is -0.110. The molecule has 1 aliphatic rings. The van der Waals surface area contributed by atoms with Gasteiger partial charge in [-0.2, -0.15) is 0 Å². The minimum absolute atomic E-state index is 0.0422. The van der Waals surface area contributed by atoms with Crippen molar-refractivity contribution in [3.8, 4) is 0 Å². The summed E-state index contributed by atoms with van der Waals surface area (Å²) in [4.78, 5) is 11.7. The van der Waals surface area contributed by atoms with Gasteiger partial charge in [-0.15, -0.1) is 0 Å². The number of nitrogens with one attached hydrogen (secondary N) is 1. The molecule has 1 fully saturated rings. The zero-order valence-electron chi connectivity index (χ0n) is 10.5. The van der Waals surface area contributed by atoms with Crippen LogP contribution in [-0.4, -0.2) is 26.2 Å². The Labute approximate surface area is 112 Å². The first kappa shape index (κ1) is 13.4. The van der Waals surface area contributed by atoms with Crippen molar-refractivity contribution < 1.29 is 9.53 Å². The van der Waals surface area contributed by atoms with E-state index in [9.17, 15) is 4.79 Å².